The number of aromatic nitrogens is 1. The van der Waals surface area contributed by atoms with Gasteiger partial charge in [0.25, 0.3) is 5.91 Å². The lowest BCUT2D eigenvalue weighted by Gasteiger charge is -2.38. The lowest BCUT2D eigenvalue weighted by atomic mass is 9.72. The van der Waals surface area contributed by atoms with Crippen molar-refractivity contribution in [1.29, 1.82) is 0 Å². The van der Waals surface area contributed by atoms with Crippen molar-refractivity contribution in [3.05, 3.63) is 42.1 Å². The van der Waals surface area contributed by atoms with Crippen LogP contribution in [0.1, 0.15) is 23.3 Å². The Balaban J connectivity index is 1.59. The zero-order chi connectivity index (χ0) is 18.1. The highest BCUT2D eigenvalue weighted by atomic mass is 16.5. The smallest absolute Gasteiger partial charge is 0.272 e. The Morgan fingerprint density at radius 3 is 2.77 bits per heavy atom. The minimum Gasteiger partial charge on any atom is -0.381 e. The van der Waals surface area contributed by atoms with Crippen LogP contribution >= 0.6 is 0 Å². The molecule has 2 aliphatic heterocycles. The Bertz CT molecular complexity index is 799. The van der Waals surface area contributed by atoms with Gasteiger partial charge in [0.1, 0.15) is 5.69 Å². The number of carbonyl (C=O) groups excluding carboxylic acids is 1. The summed E-state index contributed by atoms with van der Waals surface area (Å²) >= 11 is 0. The molecule has 2 aromatic rings. The molecule has 3 heterocycles. The second kappa shape index (κ2) is 6.97. The summed E-state index contributed by atoms with van der Waals surface area (Å²) in [5.41, 5.74) is 1.62. The normalized spacial score (nSPS) is 22.4. The first-order valence-corrected chi connectivity index (χ1v) is 9.45. The Labute approximate surface area is 154 Å². The van der Waals surface area contributed by atoms with Crippen molar-refractivity contribution in [3.8, 4) is 0 Å². The lowest BCUT2D eigenvalue weighted by molar-refractivity contribution is -0.00453. The van der Waals surface area contributed by atoms with Gasteiger partial charge in [0.05, 0.1) is 5.52 Å². The van der Waals surface area contributed by atoms with Crippen LogP contribution in [-0.4, -0.2) is 67.6 Å². The number of pyridine rings is 1. The summed E-state index contributed by atoms with van der Waals surface area (Å²) in [5, 5.41) is 1.07. The highest BCUT2D eigenvalue weighted by Gasteiger charge is 2.48. The third-order valence-corrected chi connectivity index (χ3v) is 5.99. The van der Waals surface area contributed by atoms with Gasteiger partial charge in [-0.05, 0) is 50.4 Å². The summed E-state index contributed by atoms with van der Waals surface area (Å²) < 4.78 is 5.61. The molecule has 1 amide bonds. The Morgan fingerprint density at radius 2 is 2.00 bits per heavy atom. The minimum atomic E-state index is 0.0582. The predicted octanol–water partition coefficient (Wildman–Crippen LogP) is 2.67. The fourth-order valence-electron chi connectivity index (χ4n) is 4.57. The van der Waals surface area contributed by atoms with Crippen molar-refractivity contribution in [2.75, 3.05) is 46.9 Å². The van der Waals surface area contributed by atoms with Crippen LogP contribution < -0.4 is 0 Å². The maximum atomic E-state index is 13.2. The average molecular weight is 353 g/mol. The Hall–Kier alpha value is -1.98. The lowest BCUT2D eigenvalue weighted by Crippen LogP contribution is -2.40. The van der Waals surface area contributed by atoms with Crippen LogP contribution in [0.15, 0.2) is 36.4 Å². The number of likely N-dealkylation sites (tertiary alicyclic amines) is 1. The number of ether oxygens (including phenoxy) is 1. The number of nitrogens with zero attached hydrogens (tertiary/aromatic N) is 3. The molecule has 1 aromatic heterocycles. The number of rotatable bonds is 3. The van der Waals surface area contributed by atoms with Crippen molar-refractivity contribution in [1.82, 2.24) is 14.8 Å². The van der Waals surface area contributed by atoms with Gasteiger partial charge in [-0.25, -0.2) is 4.98 Å². The second-order valence-corrected chi connectivity index (χ2v) is 8.01. The largest absolute Gasteiger partial charge is 0.381 e. The van der Waals surface area contributed by atoms with Crippen LogP contribution in [0, 0.1) is 11.3 Å². The van der Waals surface area contributed by atoms with Gasteiger partial charge < -0.3 is 14.5 Å². The fraction of sp³-hybridized carbons (Fsp3) is 0.524. The molecule has 2 fully saturated rings. The quantitative estimate of drug-likeness (QED) is 0.851. The number of hydrogen-bond acceptors (Lipinski definition) is 4. The van der Waals surface area contributed by atoms with Crippen LogP contribution in [0.4, 0.5) is 0 Å². The van der Waals surface area contributed by atoms with Gasteiger partial charge >= 0.3 is 0 Å². The molecular formula is C21H27N3O2. The summed E-state index contributed by atoms with van der Waals surface area (Å²) in [6, 6.07) is 11.8. The third-order valence-electron chi connectivity index (χ3n) is 5.99. The molecule has 0 aliphatic carbocycles. The van der Waals surface area contributed by atoms with E-state index in [9.17, 15) is 4.79 Å². The Morgan fingerprint density at radius 1 is 1.23 bits per heavy atom. The van der Waals surface area contributed by atoms with Gasteiger partial charge in [-0.3, -0.25) is 4.79 Å². The van der Waals surface area contributed by atoms with Gasteiger partial charge in [-0.1, -0.05) is 24.3 Å². The van der Waals surface area contributed by atoms with Crippen LogP contribution in [-0.2, 0) is 4.74 Å². The van der Waals surface area contributed by atoms with E-state index in [1.807, 2.05) is 41.3 Å². The van der Waals surface area contributed by atoms with Crippen molar-refractivity contribution in [2.24, 2.45) is 11.3 Å². The SMILES string of the molecule is CN(C)CC1CN(C(=O)c2ccc3ccccc3n2)CC12CCOCC2. The number of carbonyl (C=O) groups is 1. The first kappa shape index (κ1) is 17.4. The zero-order valence-electron chi connectivity index (χ0n) is 15.6. The maximum Gasteiger partial charge on any atom is 0.272 e. The number of benzene rings is 1. The molecule has 138 valence electrons. The molecule has 1 aromatic carbocycles. The molecule has 0 N–H and O–H groups in total. The highest BCUT2D eigenvalue weighted by Crippen LogP contribution is 2.44. The average Bonchev–Trinajstić information content (AvgIpc) is 2.98. The van der Waals surface area contributed by atoms with Crippen LogP contribution in [0.5, 0.6) is 0 Å². The topological polar surface area (TPSA) is 45.7 Å². The zero-order valence-corrected chi connectivity index (χ0v) is 15.6. The van der Waals surface area contributed by atoms with Gasteiger partial charge in [-0.2, -0.15) is 0 Å². The van der Waals surface area contributed by atoms with Crippen molar-refractivity contribution in [2.45, 2.75) is 12.8 Å². The molecule has 2 saturated heterocycles. The molecule has 4 rings (SSSR count). The standard InChI is InChI=1S/C21H27N3O2/c1-23(2)13-17-14-24(15-21(17)9-11-26-12-10-21)20(25)19-8-7-16-5-3-4-6-18(16)22-19/h3-8,17H,9-15H2,1-2H3. The van der Waals surface area contributed by atoms with Gasteiger partial charge in [-0.15, -0.1) is 0 Å². The van der Waals surface area contributed by atoms with Crippen LogP contribution in [0.3, 0.4) is 0 Å². The monoisotopic (exact) mass is 353 g/mol. The summed E-state index contributed by atoms with van der Waals surface area (Å²) in [7, 11) is 4.23. The van der Waals surface area contributed by atoms with Gasteiger partial charge in [0, 0.05) is 38.2 Å². The number of para-hydroxylation sites is 1. The predicted molar refractivity (Wildman–Crippen MR) is 102 cm³/mol. The van der Waals surface area contributed by atoms with E-state index in [1.54, 1.807) is 0 Å². The fourth-order valence-corrected chi connectivity index (χ4v) is 4.57. The summed E-state index contributed by atoms with van der Waals surface area (Å²) in [5.74, 6) is 0.550. The molecular weight excluding hydrogens is 326 g/mol. The molecule has 1 spiro atoms. The van der Waals surface area contributed by atoms with Crippen molar-refractivity contribution >= 4 is 16.8 Å². The van der Waals surface area contributed by atoms with E-state index in [-0.39, 0.29) is 11.3 Å². The molecule has 5 heteroatoms. The van der Waals surface area contributed by atoms with Crippen molar-refractivity contribution < 1.29 is 9.53 Å². The molecule has 0 radical (unpaired) electrons. The van der Waals surface area contributed by atoms with Crippen LogP contribution in [0.2, 0.25) is 0 Å². The van der Waals surface area contributed by atoms with E-state index in [0.29, 0.717) is 11.6 Å². The summed E-state index contributed by atoms with van der Waals surface area (Å²) in [4.78, 5) is 22.0. The van der Waals surface area contributed by atoms with E-state index < -0.39 is 0 Å². The molecule has 2 aliphatic rings. The van der Waals surface area contributed by atoms with E-state index in [1.165, 1.54) is 0 Å². The molecule has 0 saturated carbocycles. The summed E-state index contributed by atoms with van der Waals surface area (Å²) in [6.07, 6.45) is 2.08. The number of hydrogen-bond donors (Lipinski definition) is 0. The molecule has 1 unspecified atom stereocenters. The molecule has 26 heavy (non-hydrogen) atoms. The number of fused-ring (bicyclic) bond motifs is 1. The minimum absolute atomic E-state index is 0.0582. The molecule has 1 atom stereocenters. The third kappa shape index (κ3) is 3.21. The molecule has 0 bridgehead atoms. The first-order chi connectivity index (χ1) is 12.6. The van der Waals surface area contributed by atoms with E-state index in [0.717, 1.165) is 56.6 Å². The maximum absolute atomic E-state index is 13.2. The van der Waals surface area contributed by atoms with E-state index in [4.69, 9.17) is 4.74 Å². The van der Waals surface area contributed by atoms with Gasteiger partial charge in [0.15, 0.2) is 0 Å². The number of amides is 1. The summed E-state index contributed by atoms with van der Waals surface area (Å²) in [6.45, 7) is 4.25. The van der Waals surface area contributed by atoms with E-state index in [2.05, 4.69) is 24.0 Å². The second-order valence-electron chi connectivity index (χ2n) is 8.01. The van der Waals surface area contributed by atoms with E-state index >= 15 is 0 Å². The highest BCUT2D eigenvalue weighted by molar-refractivity contribution is 5.95. The molecule has 5 nitrogen and oxygen atoms in total. The van der Waals surface area contributed by atoms with Gasteiger partial charge in [0.2, 0.25) is 0 Å². The Kier molecular flexibility index (Phi) is 4.67. The first-order valence-electron chi connectivity index (χ1n) is 9.45. The van der Waals surface area contributed by atoms with Crippen LogP contribution in [0.25, 0.3) is 10.9 Å². The van der Waals surface area contributed by atoms with Crippen molar-refractivity contribution in [3.63, 3.8) is 0 Å².